The van der Waals surface area contributed by atoms with Crippen LogP contribution >= 0.6 is 11.3 Å². The molecule has 0 aliphatic carbocycles. The van der Waals surface area contributed by atoms with Crippen molar-refractivity contribution in [3.8, 4) is 0 Å². The summed E-state index contributed by atoms with van der Waals surface area (Å²) >= 11 is 1.34. The summed E-state index contributed by atoms with van der Waals surface area (Å²) < 4.78 is 4.92. The van der Waals surface area contributed by atoms with Gasteiger partial charge in [-0.3, -0.25) is 4.90 Å². The van der Waals surface area contributed by atoms with Crippen LogP contribution < -0.4 is 5.73 Å². The molecule has 1 aliphatic rings. The molecule has 2 N–H and O–H groups in total. The first-order valence-electron chi connectivity index (χ1n) is 6.28. The normalized spacial score (nSPS) is 20.9. The zero-order chi connectivity index (χ0) is 13.0. The summed E-state index contributed by atoms with van der Waals surface area (Å²) in [6, 6.07) is 0.266. The monoisotopic (exact) mass is 269 g/mol. The molecule has 1 aliphatic heterocycles. The number of likely N-dealkylation sites (tertiary alicyclic amines) is 1. The number of hydrogen-bond donors (Lipinski definition) is 1. The molecule has 0 radical (unpaired) electrons. The number of thiazole rings is 1. The summed E-state index contributed by atoms with van der Waals surface area (Å²) in [5.74, 6) is -0.330. The fourth-order valence-electron chi connectivity index (χ4n) is 2.13. The van der Waals surface area contributed by atoms with Gasteiger partial charge in [-0.15, -0.1) is 11.3 Å². The van der Waals surface area contributed by atoms with Gasteiger partial charge in [-0.25, -0.2) is 9.78 Å². The van der Waals surface area contributed by atoms with Crippen LogP contribution in [-0.4, -0.2) is 41.6 Å². The molecule has 100 valence electrons. The Balaban J connectivity index is 1.91. The van der Waals surface area contributed by atoms with Crippen LogP contribution in [0.1, 0.15) is 35.3 Å². The SMILES string of the molecule is CCOC(=O)c1nc(CN2CCC[C@@H](N)C2)cs1. The van der Waals surface area contributed by atoms with Crippen molar-refractivity contribution in [1.29, 1.82) is 0 Å². The predicted molar refractivity (Wildman–Crippen MR) is 70.6 cm³/mol. The number of nitrogens with zero attached hydrogens (tertiary/aromatic N) is 2. The average Bonchev–Trinajstić information content (AvgIpc) is 2.78. The predicted octanol–water partition coefficient (Wildman–Crippen LogP) is 1.24. The maximum Gasteiger partial charge on any atom is 0.367 e. The third-order valence-electron chi connectivity index (χ3n) is 2.93. The van der Waals surface area contributed by atoms with Crippen molar-refractivity contribution in [3.05, 3.63) is 16.1 Å². The molecule has 2 rings (SSSR count). The Hall–Kier alpha value is -0.980. The van der Waals surface area contributed by atoms with Gasteiger partial charge < -0.3 is 10.5 Å². The zero-order valence-electron chi connectivity index (χ0n) is 10.6. The molecule has 0 bridgehead atoms. The van der Waals surface area contributed by atoms with Crippen LogP contribution in [0.5, 0.6) is 0 Å². The fraction of sp³-hybridized carbons (Fsp3) is 0.667. The van der Waals surface area contributed by atoms with E-state index < -0.39 is 0 Å². The Morgan fingerprint density at radius 1 is 1.72 bits per heavy atom. The first kappa shape index (κ1) is 13.5. The van der Waals surface area contributed by atoms with E-state index in [4.69, 9.17) is 10.5 Å². The molecule has 6 heteroatoms. The van der Waals surface area contributed by atoms with Crippen LogP contribution in [0.3, 0.4) is 0 Å². The first-order chi connectivity index (χ1) is 8.69. The summed E-state index contributed by atoms with van der Waals surface area (Å²) in [6.45, 7) is 4.91. The zero-order valence-corrected chi connectivity index (χ0v) is 11.4. The molecule has 2 heterocycles. The van der Waals surface area contributed by atoms with E-state index >= 15 is 0 Å². The van der Waals surface area contributed by atoms with Gasteiger partial charge >= 0.3 is 5.97 Å². The maximum absolute atomic E-state index is 11.5. The minimum absolute atomic E-state index is 0.266. The molecule has 1 atom stereocenters. The third kappa shape index (κ3) is 3.51. The molecule has 0 saturated carbocycles. The van der Waals surface area contributed by atoms with Gasteiger partial charge in [0.2, 0.25) is 5.01 Å². The van der Waals surface area contributed by atoms with Crippen molar-refractivity contribution < 1.29 is 9.53 Å². The van der Waals surface area contributed by atoms with Crippen molar-refractivity contribution >= 4 is 17.3 Å². The van der Waals surface area contributed by atoms with Gasteiger partial charge in [0.05, 0.1) is 12.3 Å². The molecule has 0 aromatic carbocycles. The van der Waals surface area contributed by atoms with Gasteiger partial charge in [0.15, 0.2) is 0 Å². The average molecular weight is 269 g/mol. The highest BCUT2D eigenvalue weighted by Crippen LogP contribution is 2.16. The molecule has 1 fully saturated rings. The Labute approximate surface area is 111 Å². The van der Waals surface area contributed by atoms with Crippen LogP contribution in [0.2, 0.25) is 0 Å². The van der Waals surface area contributed by atoms with E-state index in [9.17, 15) is 4.79 Å². The fourth-order valence-corrected chi connectivity index (χ4v) is 2.83. The lowest BCUT2D eigenvalue weighted by Crippen LogP contribution is -2.42. The molecule has 1 aromatic rings. The van der Waals surface area contributed by atoms with E-state index in [2.05, 4.69) is 9.88 Å². The number of esters is 1. The molecule has 0 unspecified atom stereocenters. The lowest BCUT2D eigenvalue weighted by Gasteiger charge is -2.29. The Kier molecular flexibility index (Phi) is 4.68. The van der Waals surface area contributed by atoms with E-state index in [0.29, 0.717) is 11.6 Å². The highest BCUT2D eigenvalue weighted by Gasteiger charge is 2.18. The Bertz CT molecular complexity index is 408. The molecular weight excluding hydrogens is 250 g/mol. The van der Waals surface area contributed by atoms with Gasteiger partial charge in [-0.05, 0) is 26.3 Å². The molecule has 0 spiro atoms. The number of piperidine rings is 1. The Morgan fingerprint density at radius 3 is 3.28 bits per heavy atom. The largest absolute Gasteiger partial charge is 0.461 e. The van der Waals surface area contributed by atoms with E-state index in [1.165, 1.54) is 11.3 Å². The molecule has 5 nitrogen and oxygen atoms in total. The number of carbonyl (C=O) groups excluding carboxylic acids is 1. The number of nitrogens with two attached hydrogens (primary N) is 1. The van der Waals surface area contributed by atoms with Crippen molar-refractivity contribution in [1.82, 2.24) is 9.88 Å². The van der Waals surface area contributed by atoms with Gasteiger partial charge in [0.1, 0.15) is 0 Å². The summed E-state index contributed by atoms with van der Waals surface area (Å²) in [5.41, 5.74) is 6.87. The number of carbonyl (C=O) groups is 1. The van der Waals surface area contributed by atoms with Crippen molar-refractivity contribution in [2.24, 2.45) is 5.73 Å². The smallest absolute Gasteiger partial charge is 0.367 e. The molecule has 0 amide bonds. The van der Waals surface area contributed by atoms with Crippen LogP contribution in [0.25, 0.3) is 0 Å². The van der Waals surface area contributed by atoms with Crippen LogP contribution in [0.15, 0.2) is 5.38 Å². The van der Waals surface area contributed by atoms with Gasteiger partial charge in [-0.2, -0.15) is 0 Å². The second-order valence-electron chi connectivity index (χ2n) is 4.50. The van der Waals surface area contributed by atoms with E-state index in [-0.39, 0.29) is 12.0 Å². The lowest BCUT2D eigenvalue weighted by molar-refractivity contribution is 0.0525. The quantitative estimate of drug-likeness (QED) is 0.833. The summed E-state index contributed by atoms with van der Waals surface area (Å²) in [7, 11) is 0. The number of aromatic nitrogens is 1. The second-order valence-corrected chi connectivity index (χ2v) is 5.36. The van der Waals surface area contributed by atoms with Crippen molar-refractivity contribution in [2.45, 2.75) is 32.4 Å². The topological polar surface area (TPSA) is 68.5 Å². The number of rotatable bonds is 4. The molecule has 1 aromatic heterocycles. The number of ether oxygens (including phenoxy) is 1. The van der Waals surface area contributed by atoms with Crippen LogP contribution in [0, 0.1) is 0 Å². The van der Waals surface area contributed by atoms with E-state index in [1.807, 2.05) is 5.38 Å². The van der Waals surface area contributed by atoms with Crippen LogP contribution in [-0.2, 0) is 11.3 Å². The first-order valence-corrected chi connectivity index (χ1v) is 7.16. The molecular formula is C12H19N3O2S. The summed E-state index contributed by atoms with van der Waals surface area (Å²) in [6.07, 6.45) is 2.23. The number of hydrogen-bond acceptors (Lipinski definition) is 6. The highest BCUT2D eigenvalue weighted by molar-refractivity contribution is 7.11. The standard InChI is InChI=1S/C12H19N3O2S/c1-2-17-12(16)11-14-10(8-18-11)7-15-5-3-4-9(13)6-15/h8-9H,2-7,13H2,1H3/t9-/m1/s1. The summed E-state index contributed by atoms with van der Waals surface area (Å²) in [5, 5.41) is 2.36. The highest BCUT2D eigenvalue weighted by atomic mass is 32.1. The second kappa shape index (κ2) is 6.26. The minimum Gasteiger partial charge on any atom is -0.461 e. The Morgan fingerprint density at radius 2 is 2.56 bits per heavy atom. The minimum atomic E-state index is -0.330. The lowest BCUT2D eigenvalue weighted by atomic mass is 10.1. The van der Waals surface area contributed by atoms with Crippen molar-refractivity contribution in [2.75, 3.05) is 19.7 Å². The van der Waals surface area contributed by atoms with Crippen LogP contribution in [0.4, 0.5) is 0 Å². The maximum atomic E-state index is 11.5. The van der Waals surface area contributed by atoms with E-state index in [0.717, 1.165) is 38.2 Å². The van der Waals surface area contributed by atoms with E-state index in [1.54, 1.807) is 6.92 Å². The van der Waals surface area contributed by atoms with Gasteiger partial charge in [-0.1, -0.05) is 0 Å². The summed E-state index contributed by atoms with van der Waals surface area (Å²) in [4.78, 5) is 18.1. The third-order valence-corrected chi connectivity index (χ3v) is 3.80. The molecule has 1 saturated heterocycles. The van der Waals surface area contributed by atoms with Gasteiger partial charge in [0.25, 0.3) is 0 Å². The molecule has 18 heavy (non-hydrogen) atoms. The van der Waals surface area contributed by atoms with Gasteiger partial charge in [0, 0.05) is 24.5 Å². The van der Waals surface area contributed by atoms with Crippen molar-refractivity contribution in [3.63, 3.8) is 0 Å².